The Balaban J connectivity index is 1.67. The summed E-state index contributed by atoms with van der Waals surface area (Å²) in [4.78, 5) is 40.8. The van der Waals surface area contributed by atoms with Gasteiger partial charge in [0.1, 0.15) is 4.83 Å². The summed E-state index contributed by atoms with van der Waals surface area (Å²) in [5.74, 6) is 0.766. The van der Waals surface area contributed by atoms with Gasteiger partial charge < -0.3 is 9.47 Å². The molecule has 0 N–H and O–H groups in total. The third-order valence-electron chi connectivity index (χ3n) is 5.00. The molecule has 0 bridgehead atoms. The summed E-state index contributed by atoms with van der Waals surface area (Å²) in [5.41, 5.74) is -0.315. The number of nitrogens with zero attached hydrogens (tertiary/aromatic N) is 2. The maximum atomic E-state index is 13.4. The van der Waals surface area contributed by atoms with E-state index in [1.807, 2.05) is 6.92 Å². The fourth-order valence-electron chi connectivity index (χ4n) is 3.56. The van der Waals surface area contributed by atoms with Crippen molar-refractivity contribution in [1.29, 1.82) is 0 Å². The van der Waals surface area contributed by atoms with Crippen molar-refractivity contribution in [3.8, 4) is 17.2 Å². The van der Waals surface area contributed by atoms with Crippen LogP contribution in [-0.2, 0) is 6.54 Å². The van der Waals surface area contributed by atoms with Gasteiger partial charge in [0.25, 0.3) is 5.56 Å². The number of thiophene rings is 1. The number of aromatic nitrogens is 2. The molecular weight excluding hydrogens is 440 g/mol. The Morgan fingerprint density at radius 2 is 1.90 bits per heavy atom. The molecule has 7 nitrogen and oxygen atoms in total. The number of hydrogen-bond donors (Lipinski definition) is 0. The Morgan fingerprint density at radius 1 is 1.10 bits per heavy atom. The minimum Gasteiger partial charge on any atom is -0.454 e. The lowest BCUT2D eigenvalue weighted by Crippen LogP contribution is -2.39. The van der Waals surface area contributed by atoms with Crippen molar-refractivity contribution in [2.75, 3.05) is 6.79 Å². The van der Waals surface area contributed by atoms with Crippen LogP contribution in [0.5, 0.6) is 11.5 Å². The Hall–Kier alpha value is -3.36. The molecule has 0 fully saturated rings. The van der Waals surface area contributed by atoms with Gasteiger partial charge >= 0.3 is 5.69 Å². The number of fused-ring (bicyclic) bond motifs is 2. The van der Waals surface area contributed by atoms with Gasteiger partial charge in [0.15, 0.2) is 17.3 Å². The van der Waals surface area contributed by atoms with Crippen molar-refractivity contribution in [3.05, 3.63) is 84.8 Å². The predicted molar refractivity (Wildman–Crippen MR) is 118 cm³/mol. The van der Waals surface area contributed by atoms with Crippen LogP contribution in [0.3, 0.4) is 0 Å². The smallest absolute Gasteiger partial charge is 0.337 e. The highest BCUT2D eigenvalue weighted by molar-refractivity contribution is 7.18. The second kappa shape index (κ2) is 7.40. The van der Waals surface area contributed by atoms with Crippen LogP contribution in [0.2, 0.25) is 5.02 Å². The van der Waals surface area contributed by atoms with Crippen LogP contribution >= 0.6 is 22.9 Å². The zero-order valence-corrected chi connectivity index (χ0v) is 17.8. The van der Waals surface area contributed by atoms with E-state index in [1.165, 1.54) is 15.9 Å². The predicted octanol–water partition coefficient (Wildman–Crippen LogP) is 3.79. The van der Waals surface area contributed by atoms with E-state index in [2.05, 4.69) is 0 Å². The molecule has 1 aliphatic heterocycles. The third-order valence-corrected chi connectivity index (χ3v) is 6.31. The number of Topliss-reactive ketones (excluding diaryl/α,β-unsaturated/α-hetero) is 1. The molecule has 156 valence electrons. The monoisotopic (exact) mass is 454 g/mol. The molecule has 2 aromatic carbocycles. The van der Waals surface area contributed by atoms with Crippen LogP contribution < -0.4 is 20.7 Å². The van der Waals surface area contributed by atoms with Crippen LogP contribution in [0, 0.1) is 6.92 Å². The topological polar surface area (TPSA) is 79.5 Å². The number of halogens is 1. The van der Waals surface area contributed by atoms with Crippen molar-refractivity contribution < 1.29 is 14.3 Å². The van der Waals surface area contributed by atoms with Crippen molar-refractivity contribution in [2.45, 2.75) is 13.5 Å². The first-order valence-corrected chi connectivity index (χ1v) is 10.6. The number of hydrogen-bond acceptors (Lipinski definition) is 6. The normalized spacial score (nSPS) is 12.5. The Bertz CT molecular complexity index is 1480. The highest BCUT2D eigenvalue weighted by Crippen LogP contribution is 2.32. The molecule has 0 unspecified atom stereocenters. The van der Waals surface area contributed by atoms with Crippen molar-refractivity contribution in [1.82, 2.24) is 9.13 Å². The second-order valence-corrected chi connectivity index (χ2v) is 8.73. The summed E-state index contributed by atoms with van der Waals surface area (Å²) in [6.45, 7) is 1.73. The first kappa shape index (κ1) is 19.6. The van der Waals surface area contributed by atoms with Crippen LogP contribution in [0.25, 0.3) is 15.9 Å². The first-order chi connectivity index (χ1) is 14.9. The minimum absolute atomic E-state index is 0.103. The van der Waals surface area contributed by atoms with Crippen LogP contribution in [0.1, 0.15) is 15.2 Å². The van der Waals surface area contributed by atoms with Crippen LogP contribution in [0.15, 0.2) is 58.1 Å². The van der Waals surface area contributed by atoms with E-state index >= 15 is 0 Å². The molecule has 5 rings (SSSR count). The van der Waals surface area contributed by atoms with Gasteiger partial charge in [-0.15, -0.1) is 11.3 Å². The van der Waals surface area contributed by atoms with E-state index in [4.69, 9.17) is 21.1 Å². The average Bonchev–Trinajstić information content (AvgIpc) is 3.37. The molecule has 0 amide bonds. The summed E-state index contributed by atoms with van der Waals surface area (Å²) < 4.78 is 13.0. The minimum atomic E-state index is -0.601. The number of ether oxygens (including phenoxy) is 2. The number of rotatable bonds is 4. The van der Waals surface area contributed by atoms with Gasteiger partial charge in [-0.25, -0.2) is 9.36 Å². The van der Waals surface area contributed by atoms with E-state index in [0.29, 0.717) is 38.0 Å². The maximum Gasteiger partial charge on any atom is 0.337 e. The van der Waals surface area contributed by atoms with Gasteiger partial charge in [0.05, 0.1) is 17.6 Å². The number of benzene rings is 2. The Kier molecular flexibility index (Phi) is 4.68. The van der Waals surface area contributed by atoms with E-state index in [1.54, 1.807) is 48.5 Å². The standard InChI is InChI=1S/C22H15ClN2O5S/c1-12-7-16-20(27)25(15-4-2-3-14(23)9-15)22(28)24(21(16)31-12)10-17(26)13-5-6-18-19(8-13)30-11-29-18/h2-9H,10-11H2,1H3. The number of aryl methyl sites for hydroxylation is 1. The summed E-state index contributed by atoms with van der Waals surface area (Å²) in [5, 5.41) is 0.772. The highest BCUT2D eigenvalue weighted by Gasteiger charge is 2.21. The average molecular weight is 455 g/mol. The number of carbonyl (C=O) groups excluding carboxylic acids is 1. The maximum absolute atomic E-state index is 13.4. The van der Waals surface area contributed by atoms with E-state index in [9.17, 15) is 14.4 Å². The molecule has 4 aromatic rings. The zero-order chi connectivity index (χ0) is 21.7. The Labute approximate surface area is 184 Å². The first-order valence-electron chi connectivity index (χ1n) is 9.37. The van der Waals surface area contributed by atoms with Gasteiger partial charge in [0, 0.05) is 15.5 Å². The van der Waals surface area contributed by atoms with Gasteiger partial charge in [-0.1, -0.05) is 17.7 Å². The molecule has 0 radical (unpaired) electrons. The molecule has 3 heterocycles. The van der Waals surface area contributed by atoms with Crippen molar-refractivity contribution in [3.63, 3.8) is 0 Å². The Morgan fingerprint density at radius 3 is 2.71 bits per heavy atom. The van der Waals surface area contributed by atoms with E-state index in [0.717, 1.165) is 9.44 Å². The molecule has 0 saturated carbocycles. The SMILES string of the molecule is Cc1cc2c(=O)n(-c3cccc(Cl)c3)c(=O)n(CC(=O)c3ccc4c(c3)OCO4)c2s1. The summed E-state index contributed by atoms with van der Waals surface area (Å²) in [6.07, 6.45) is 0. The number of carbonyl (C=O) groups is 1. The summed E-state index contributed by atoms with van der Waals surface area (Å²) in [6, 6.07) is 13.1. The molecule has 0 atom stereocenters. The molecule has 1 aliphatic rings. The number of ketones is 1. The highest BCUT2D eigenvalue weighted by atomic mass is 35.5. The quantitative estimate of drug-likeness (QED) is 0.438. The third kappa shape index (κ3) is 3.34. The van der Waals surface area contributed by atoms with Gasteiger partial charge in [0.2, 0.25) is 6.79 Å². The van der Waals surface area contributed by atoms with Gasteiger partial charge in [-0.3, -0.25) is 14.2 Å². The van der Waals surface area contributed by atoms with Gasteiger partial charge in [-0.05, 0) is 49.4 Å². The van der Waals surface area contributed by atoms with Crippen LogP contribution in [0.4, 0.5) is 0 Å². The molecular formula is C22H15ClN2O5S. The van der Waals surface area contributed by atoms with Crippen molar-refractivity contribution >= 4 is 38.9 Å². The lowest BCUT2D eigenvalue weighted by Gasteiger charge is -2.12. The molecule has 0 aliphatic carbocycles. The summed E-state index contributed by atoms with van der Waals surface area (Å²) >= 11 is 7.37. The zero-order valence-electron chi connectivity index (χ0n) is 16.3. The summed E-state index contributed by atoms with van der Waals surface area (Å²) in [7, 11) is 0. The molecule has 0 saturated heterocycles. The van der Waals surface area contributed by atoms with Gasteiger partial charge in [-0.2, -0.15) is 0 Å². The fourth-order valence-corrected chi connectivity index (χ4v) is 4.73. The largest absolute Gasteiger partial charge is 0.454 e. The van der Waals surface area contributed by atoms with E-state index < -0.39 is 11.2 Å². The van der Waals surface area contributed by atoms with Crippen LogP contribution in [-0.4, -0.2) is 21.7 Å². The molecule has 2 aromatic heterocycles. The lowest BCUT2D eigenvalue weighted by atomic mass is 10.1. The van der Waals surface area contributed by atoms with Crippen molar-refractivity contribution in [2.24, 2.45) is 0 Å². The molecule has 0 spiro atoms. The molecule has 31 heavy (non-hydrogen) atoms. The van der Waals surface area contributed by atoms with E-state index in [-0.39, 0.29) is 19.1 Å². The molecule has 9 heteroatoms. The lowest BCUT2D eigenvalue weighted by molar-refractivity contribution is 0.0971. The second-order valence-electron chi connectivity index (χ2n) is 7.06. The fraction of sp³-hybridized carbons (Fsp3) is 0.136.